The summed E-state index contributed by atoms with van der Waals surface area (Å²) in [5.74, 6) is -0.570. The quantitative estimate of drug-likeness (QED) is 0.451. The van der Waals surface area contributed by atoms with E-state index in [4.69, 9.17) is 0 Å². The molecule has 3 amide bonds. The van der Waals surface area contributed by atoms with Crippen LogP contribution in [0.4, 0.5) is 0 Å². The first-order chi connectivity index (χ1) is 10.5. The van der Waals surface area contributed by atoms with Crippen LogP contribution in [0, 0.1) is 6.92 Å². The second kappa shape index (κ2) is 9.48. The van der Waals surface area contributed by atoms with Crippen LogP contribution in [0.25, 0.3) is 0 Å². The maximum absolute atomic E-state index is 12.1. The normalized spacial score (nSPS) is 16.4. The van der Waals surface area contributed by atoms with Crippen molar-refractivity contribution in [3.63, 3.8) is 0 Å². The molecule has 0 bridgehead atoms. The van der Waals surface area contributed by atoms with Gasteiger partial charge in [0.15, 0.2) is 5.91 Å². The van der Waals surface area contributed by atoms with E-state index in [1.807, 2.05) is 0 Å². The predicted octanol–water partition coefficient (Wildman–Crippen LogP) is -3.00. The van der Waals surface area contributed by atoms with Gasteiger partial charge in [-0.25, -0.2) is 0 Å². The molecule has 1 atom stereocenters. The Labute approximate surface area is 178 Å². The molecular weight excluding hydrogens is 323 g/mol. The van der Waals surface area contributed by atoms with Gasteiger partial charge in [-0.1, -0.05) is 0 Å². The molecule has 1 aliphatic heterocycles. The van der Waals surface area contributed by atoms with Gasteiger partial charge >= 0.3 is 51.4 Å². The van der Waals surface area contributed by atoms with E-state index in [0.717, 1.165) is 0 Å². The molecule has 2 N–H and O–H groups in total. The fourth-order valence-electron chi connectivity index (χ4n) is 2.33. The third-order valence-corrected chi connectivity index (χ3v) is 3.58. The van der Waals surface area contributed by atoms with E-state index >= 15 is 0 Å². The van der Waals surface area contributed by atoms with Gasteiger partial charge in [0.1, 0.15) is 5.69 Å². The molecule has 0 aliphatic carbocycles. The zero-order valence-corrected chi connectivity index (χ0v) is 16.6. The average Bonchev–Trinajstić information content (AvgIpc) is 3.01. The van der Waals surface area contributed by atoms with Crippen LogP contribution in [-0.4, -0.2) is 53.8 Å². The summed E-state index contributed by atoms with van der Waals surface area (Å²) in [5.41, 5.74) is 0.640. The number of rotatable bonds is 4. The number of hydrogen-bond acceptors (Lipinski definition) is 4. The minimum Gasteiger partial charge on any atom is -0.355 e. The van der Waals surface area contributed by atoms with Gasteiger partial charge in [0.25, 0.3) is 11.8 Å². The monoisotopic (exact) mass is 342 g/mol. The van der Waals surface area contributed by atoms with Gasteiger partial charge < -0.3 is 22.5 Å². The molecule has 1 fully saturated rings. The molecule has 2 rings (SSSR count). The second-order valence-corrected chi connectivity index (χ2v) is 5.06. The molecule has 1 aromatic rings. The summed E-state index contributed by atoms with van der Waals surface area (Å²) >= 11 is 0. The zero-order valence-electron chi connectivity index (χ0n) is 13.5. The van der Waals surface area contributed by atoms with Crippen molar-refractivity contribution in [2.24, 2.45) is 0 Å². The summed E-state index contributed by atoms with van der Waals surface area (Å²) in [5, 5.41) is 5.34. The van der Waals surface area contributed by atoms with Crippen molar-refractivity contribution in [2.75, 3.05) is 20.1 Å². The molecule has 1 aliphatic rings. The van der Waals surface area contributed by atoms with E-state index in [-0.39, 0.29) is 87.3 Å². The Morgan fingerprint density at radius 3 is 2.65 bits per heavy atom. The number of likely N-dealkylation sites (tertiary alicyclic amines) is 1. The van der Waals surface area contributed by atoms with Crippen LogP contribution in [-0.2, 0) is 4.79 Å². The number of hydrogen-bond donors (Lipinski definition) is 2. The van der Waals surface area contributed by atoms with Crippen LogP contribution in [0.5, 0.6) is 0 Å². The molecular formula is C15H19KN4O3. The van der Waals surface area contributed by atoms with Crippen LogP contribution in [0.2, 0.25) is 0 Å². The van der Waals surface area contributed by atoms with E-state index in [1.54, 1.807) is 11.0 Å². The molecule has 118 valence electrons. The summed E-state index contributed by atoms with van der Waals surface area (Å²) < 4.78 is 0. The molecule has 0 spiro atoms. The molecule has 0 radical (unpaired) electrons. The standard InChI is InChI=1S/C15H19N4O3.K/c1-3-13(20)19-7-6-11(9-19)18-15(22)12-5-4-10(8-17-12)14(21)16-2;/h4-5,8,11H,1,3,6-7,9H2,2H3,(H,16,21)(H,18,22);/q-1;+1. The van der Waals surface area contributed by atoms with Crippen LogP contribution in [0.1, 0.15) is 33.7 Å². The predicted molar refractivity (Wildman–Crippen MR) is 80.1 cm³/mol. The summed E-state index contributed by atoms with van der Waals surface area (Å²) in [4.78, 5) is 40.8. The van der Waals surface area contributed by atoms with Crippen LogP contribution >= 0.6 is 0 Å². The molecule has 7 nitrogen and oxygen atoms in total. The van der Waals surface area contributed by atoms with Gasteiger partial charge in [0.05, 0.1) is 5.56 Å². The number of aromatic nitrogens is 1. The van der Waals surface area contributed by atoms with E-state index in [0.29, 0.717) is 25.1 Å². The Hall–Kier alpha value is -0.804. The molecule has 1 saturated heterocycles. The van der Waals surface area contributed by atoms with E-state index < -0.39 is 0 Å². The van der Waals surface area contributed by atoms with Crippen molar-refractivity contribution in [3.8, 4) is 0 Å². The minimum atomic E-state index is -0.308. The molecule has 1 unspecified atom stereocenters. The van der Waals surface area contributed by atoms with Gasteiger partial charge in [-0.05, 0) is 18.6 Å². The first-order valence-electron chi connectivity index (χ1n) is 7.11. The Bertz CT molecular complexity index is 577. The Balaban J connectivity index is 0.00000264. The zero-order chi connectivity index (χ0) is 16.1. The average molecular weight is 342 g/mol. The molecule has 0 aromatic carbocycles. The molecule has 0 saturated carbocycles. The van der Waals surface area contributed by atoms with Crippen molar-refractivity contribution in [3.05, 3.63) is 36.5 Å². The Kier molecular flexibility index (Phi) is 8.34. The molecule has 23 heavy (non-hydrogen) atoms. The summed E-state index contributed by atoms with van der Waals surface area (Å²) in [6.07, 6.45) is 2.30. The van der Waals surface area contributed by atoms with Gasteiger partial charge in [0.2, 0.25) is 0 Å². The topological polar surface area (TPSA) is 91.4 Å². The first kappa shape index (κ1) is 20.2. The van der Waals surface area contributed by atoms with Crippen LogP contribution in [0.3, 0.4) is 0 Å². The fourth-order valence-corrected chi connectivity index (χ4v) is 2.33. The van der Waals surface area contributed by atoms with Gasteiger partial charge in [0, 0.05) is 32.4 Å². The van der Waals surface area contributed by atoms with Crippen molar-refractivity contribution in [1.29, 1.82) is 0 Å². The second-order valence-electron chi connectivity index (χ2n) is 5.06. The largest absolute Gasteiger partial charge is 1.00 e. The number of carbonyl (C=O) groups is 3. The maximum Gasteiger partial charge on any atom is 1.00 e. The van der Waals surface area contributed by atoms with E-state index in [2.05, 4.69) is 22.5 Å². The van der Waals surface area contributed by atoms with Crippen LogP contribution < -0.4 is 62.0 Å². The number of pyridine rings is 1. The summed E-state index contributed by atoms with van der Waals surface area (Å²) in [6.45, 7) is 4.70. The summed E-state index contributed by atoms with van der Waals surface area (Å²) in [7, 11) is 1.53. The van der Waals surface area contributed by atoms with Crippen molar-refractivity contribution >= 4 is 17.7 Å². The molecule has 1 aromatic heterocycles. The Morgan fingerprint density at radius 2 is 2.09 bits per heavy atom. The third-order valence-electron chi connectivity index (χ3n) is 3.58. The minimum absolute atomic E-state index is 0. The van der Waals surface area contributed by atoms with Crippen molar-refractivity contribution in [1.82, 2.24) is 20.5 Å². The Morgan fingerprint density at radius 1 is 1.35 bits per heavy atom. The SMILES string of the molecule is [CH2-]CC(=O)N1CCC(NC(=O)c2ccc(C(=O)NC)cn2)C1.[K+]. The summed E-state index contributed by atoms with van der Waals surface area (Å²) in [6, 6.07) is 2.98. The van der Waals surface area contributed by atoms with Gasteiger partial charge in [-0.2, -0.15) is 0 Å². The number of amides is 3. The molecule has 2 heterocycles. The fraction of sp³-hybridized carbons (Fsp3) is 0.400. The first-order valence-corrected chi connectivity index (χ1v) is 7.11. The van der Waals surface area contributed by atoms with Crippen molar-refractivity contribution in [2.45, 2.75) is 18.9 Å². The number of nitrogens with zero attached hydrogens (tertiary/aromatic N) is 2. The maximum atomic E-state index is 12.1. The van der Waals surface area contributed by atoms with E-state index in [1.165, 1.54) is 19.3 Å². The number of nitrogens with one attached hydrogen (secondary N) is 2. The third kappa shape index (κ3) is 5.35. The van der Waals surface area contributed by atoms with Crippen LogP contribution in [0.15, 0.2) is 18.3 Å². The van der Waals surface area contributed by atoms with E-state index in [9.17, 15) is 14.4 Å². The van der Waals surface area contributed by atoms with Gasteiger partial charge in [-0.15, -0.1) is 6.42 Å². The molecule has 8 heteroatoms. The van der Waals surface area contributed by atoms with Crippen molar-refractivity contribution < 1.29 is 65.8 Å². The number of carbonyl (C=O) groups excluding carboxylic acids is 3. The van der Waals surface area contributed by atoms with Gasteiger partial charge in [-0.3, -0.25) is 19.4 Å². The smallest absolute Gasteiger partial charge is 0.355 e.